The van der Waals surface area contributed by atoms with Crippen LogP contribution in [-0.2, 0) is 19.1 Å². The smallest absolute Gasteiger partial charge is 0.305 e. The van der Waals surface area contributed by atoms with Gasteiger partial charge in [-0.1, -0.05) is 32.3 Å². The molecule has 0 saturated carbocycles. The van der Waals surface area contributed by atoms with Crippen LogP contribution in [0, 0.1) is 0 Å². The largest absolute Gasteiger partial charge is 0.466 e. The van der Waals surface area contributed by atoms with E-state index in [0.29, 0.717) is 25.9 Å². The third-order valence-corrected chi connectivity index (χ3v) is 4.98. The molecule has 0 aromatic heterocycles. The molecule has 1 fully saturated rings. The molecule has 0 N–H and O–H groups in total. The number of carbonyl (C=O) groups excluding carboxylic acids is 3. The number of likely N-dealkylation sites (tertiary alicyclic amines) is 1. The van der Waals surface area contributed by atoms with E-state index in [2.05, 4.69) is 6.92 Å². The van der Waals surface area contributed by atoms with Gasteiger partial charge in [0.25, 0.3) is 0 Å². The highest BCUT2D eigenvalue weighted by Crippen LogP contribution is 2.20. The average molecular weight is 380 g/mol. The minimum absolute atomic E-state index is 0.0564. The molecule has 0 aromatic rings. The summed E-state index contributed by atoms with van der Waals surface area (Å²) in [6.07, 6.45) is 13.8. The second-order valence-electron chi connectivity index (χ2n) is 7.30. The number of allylic oxidation sites excluding steroid dienone is 1. The molecule has 0 bridgehead atoms. The Kier molecular flexibility index (Phi) is 12.5. The third-order valence-electron chi connectivity index (χ3n) is 4.98. The standard InChI is InChI=1S/C22H37NO4/c1-3-5-7-13-20(24)17-16-19-12-10-11-18-23(19)21(25)14-8-6-9-15-22(26)27-4-2/h16-17,19H,3-15,18H2,1-2H3/b17-16+. The van der Waals surface area contributed by atoms with Crippen molar-refractivity contribution < 1.29 is 19.1 Å². The Balaban J connectivity index is 2.35. The summed E-state index contributed by atoms with van der Waals surface area (Å²) in [6, 6.07) is 0.0564. The monoisotopic (exact) mass is 379 g/mol. The lowest BCUT2D eigenvalue weighted by Crippen LogP contribution is -2.42. The lowest BCUT2D eigenvalue weighted by molar-refractivity contribution is -0.143. The fourth-order valence-electron chi connectivity index (χ4n) is 3.42. The van der Waals surface area contributed by atoms with Crippen molar-refractivity contribution in [3.05, 3.63) is 12.2 Å². The molecule has 1 aliphatic heterocycles. The molecule has 1 amide bonds. The molecule has 154 valence electrons. The van der Waals surface area contributed by atoms with Gasteiger partial charge < -0.3 is 9.64 Å². The van der Waals surface area contributed by atoms with Crippen LogP contribution < -0.4 is 0 Å². The molecule has 5 nitrogen and oxygen atoms in total. The van der Waals surface area contributed by atoms with Gasteiger partial charge in [-0.05, 0) is 51.5 Å². The van der Waals surface area contributed by atoms with Gasteiger partial charge in [0.1, 0.15) is 0 Å². The maximum atomic E-state index is 12.6. The summed E-state index contributed by atoms with van der Waals surface area (Å²) in [5, 5.41) is 0. The van der Waals surface area contributed by atoms with Gasteiger partial charge in [0, 0.05) is 25.8 Å². The number of carbonyl (C=O) groups is 3. The molecule has 1 unspecified atom stereocenters. The zero-order chi connectivity index (χ0) is 19.9. The van der Waals surface area contributed by atoms with Crippen LogP contribution in [0.2, 0.25) is 0 Å². The van der Waals surface area contributed by atoms with Gasteiger partial charge in [0.05, 0.1) is 12.6 Å². The van der Waals surface area contributed by atoms with Gasteiger partial charge in [-0.25, -0.2) is 0 Å². The number of piperidine rings is 1. The second kappa shape index (κ2) is 14.4. The Bertz CT molecular complexity index is 487. The summed E-state index contributed by atoms with van der Waals surface area (Å²) < 4.78 is 4.91. The fourth-order valence-corrected chi connectivity index (χ4v) is 3.42. The van der Waals surface area contributed by atoms with Crippen LogP contribution in [0.15, 0.2) is 12.2 Å². The van der Waals surface area contributed by atoms with Crippen molar-refractivity contribution in [3.63, 3.8) is 0 Å². The number of amides is 1. The number of hydrogen-bond acceptors (Lipinski definition) is 4. The van der Waals surface area contributed by atoms with Crippen LogP contribution in [0.5, 0.6) is 0 Å². The van der Waals surface area contributed by atoms with Crippen LogP contribution in [-0.4, -0.2) is 41.8 Å². The molecule has 5 heteroatoms. The van der Waals surface area contributed by atoms with E-state index in [9.17, 15) is 14.4 Å². The van der Waals surface area contributed by atoms with Gasteiger partial charge in [-0.3, -0.25) is 14.4 Å². The summed E-state index contributed by atoms with van der Waals surface area (Å²) in [7, 11) is 0. The molecule has 0 spiro atoms. The summed E-state index contributed by atoms with van der Waals surface area (Å²) >= 11 is 0. The molecule has 1 rings (SSSR count). The van der Waals surface area contributed by atoms with Crippen molar-refractivity contribution in [2.45, 2.75) is 96.9 Å². The molecule has 1 aliphatic rings. The van der Waals surface area contributed by atoms with Crippen LogP contribution in [0.1, 0.15) is 90.9 Å². The minimum atomic E-state index is -0.159. The number of esters is 1. The predicted octanol–water partition coefficient (Wildman–Crippen LogP) is 4.59. The van der Waals surface area contributed by atoms with Gasteiger partial charge in [0.15, 0.2) is 5.78 Å². The minimum Gasteiger partial charge on any atom is -0.466 e. The van der Waals surface area contributed by atoms with E-state index in [1.807, 2.05) is 11.0 Å². The van der Waals surface area contributed by atoms with Gasteiger partial charge in [-0.2, -0.15) is 0 Å². The van der Waals surface area contributed by atoms with E-state index in [1.54, 1.807) is 13.0 Å². The summed E-state index contributed by atoms with van der Waals surface area (Å²) in [6.45, 7) is 5.13. The first-order valence-electron chi connectivity index (χ1n) is 10.7. The van der Waals surface area contributed by atoms with Crippen molar-refractivity contribution in [2.24, 2.45) is 0 Å². The molecule has 27 heavy (non-hydrogen) atoms. The van der Waals surface area contributed by atoms with Crippen molar-refractivity contribution in [1.82, 2.24) is 4.90 Å². The van der Waals surface area contributed by atoms with E-state index in [0.717, 1.165) is 64.3 Å². The fraction of sp³-hybridized carbons (Fsp3) is 0.773. The zero-order valence-electron chi connectivity index (χ0n) is 17.2. The van der Waals surface area contributed by atoms with Crippen molar-refractivity contribution in [3.8, 4) is 0 Å². The number of nitrogens with zero attached hydrogens (tertiary/aromatic N) is 1. The Morgan fingerprint density at radius 1 is 0.963 bits per heavy atom. The number of ether oxygens (including phenoxy) is 1. The molecule has 1 saturated heterocycles. The van der Waals surface area contributed by atoms with Gasteiger partial charge in [-0.15, -0.1) is 0 Å². The first-order chi connectivity index (χ1) is 13.1. The van der Waals surface area contributed by atoms with Crippen molar-refractivity contribution in [2.75, 3.05) is 13.2 Å². The predicted molar refractivity (Wildman–Crippen MR) is 107 cm³/mol. The Labute approximate surface area is 164 Å². The van der Waals surface area contributed by atoms with Crippen LogP contribution in [0.25, 0.3) is 0 Å². The molecular formula is C22H37NO4. The maximum Gasteiger partial charge on any atom is 0.305 e. The highest BCUT2D eigenvalue weighted by molar-refractivity contribution is 5.89. The topological polar surface area (TPSA) is 63.7 Å². The second-order valence-corrected chi connectivity index (χ2v) is 7.30. The summed E-state index contributed by atoms with van der Waals surface area (Å²) in [5.41, 5.74) is 0. The first-order valence-corrected chi connectivity index (χ1v) is 10.7. The SMILES string of the molecule is CCCCCC(=O)/C=C/C1CCCCN1C(=O)CCCCCC(=O)OCC. The number of ketones is 1. The van der Waals surface area contributed by atoms with Crippen LogP contribution >= 0.6 is 0 Å². The van der Waals surface area contributed by atoms with E-state index >= 15 is 0 Å². The maximum absolute atomic E-state index is 12.6. The Morgan fingerprint density at radius 2 is 1.70 bits per heavy atom. The lowest BCUT2D eigenvalue weighted by Gasteiger charge is -2.34. The summed E-state index contributed by atoms with van der Waals surface area (Å²) in [4.78, 5) is 37.8. The summed E-state index contributed by atoms with van der Waals surface area (Å²) in [5.74, 6) is 0.174. The quantitative estimate of drug-likeness (QED) is 0.267. The third kappa shape index (κ3) is 10.3. The molecule has 0 aliphatic carbocycles. The van der Waals surface area contributed by atoms with Gasteiger partial charge >= 0.3 is 5.97 Å². The highest BCUT2D eigenvalue weighted by Gasteiger charge is 2.24. The molecular weight excluding hydrogens is 342 g/mol. The molecule has 0 radical (unpaired) electrons. The van der Waals surface area contributed by atoms with Crippen molar-refractivity contribution >= 4 is 17.7 Å². The average Bonchev–Trinajstić information content (AvgIpc) is 2.66. The Hall–Kier alpha value is -1.65. The molecule has 1 heterocycles. The number of rotatable bonds is 13. The van der Waals surface area contributed by atoms with E-state index in [-0.39, 0.29) is 23.7 Å². The number of hydrogen-bond donors (Lipinski definition) is 0. The van der Waals surface area contributed by atoms with Gasteiger partial charge in [0.2, 0.25) is 5.91 Å². The first kappa shape index (κ1) is 23.4. The number of unbranched alkanes of at least 4 members (excludes halogenated alkanes) is 4. The van der Waals surface area contributed by atoms with Crippen LogP contribution in [0.4, 0.5) is 0 Å². The van der Waals surface area contributed by atoms with E-state index in [1.165, 1.54) is 0 Å². The highest BCUT2D eigenvalue weighted by atomic mass is 16.5. The Morgan fingerprint density at radius 3 is 2.44 bits per heavy atom. The van der Waals surface area contributed by atoms with E-state index in [4.69, 9.17) is 4.74 Å². The molecule has 0 aromatic carbocycles. The molecule has 1 atom stereocenters. The zero-order valence-corrected chi connectivity index (χ0v) is 17.2. The van der Waals surface area contributed by atoms with E-state index < -0.39 is 0 Å². The normalized spacial score (nSPS) is 17.3. The van der Waals surface area contributed by atoms with Crippen LogP contribution in [0.3, 0.4) is 0 Å². The van der Waals surface area contributed by atoms with Crippen molar-refractivity contribution in [1.29, 1.82) is 0 Å². The lowest BCUT2D eigenvalue weighted by atomic mass is 9.99.